The van der Waals surface area contributed by atoms with Gasteiger partial charge in [-0.25, -0.2) is 9.51 Å². The molecule has 3 N–H and O–H groups in total. The summed E-state index contributed by atoms with van der Waals surface area (Å²) in [5.74, 6) is 0.604. The fourth-order valence-electron chi connectivity index (χ4n) is 2.74. The highest BCUT2D eigenvalue weighted by atomic mass is 15.2. The predicted octanol–water partition coefficient (Wildman–Crippen LogP) is 3.84. The number of hydrogen-bond donors (Lipinski definition) is 2. The van der Waals surface area contributed by atoms with Crippen molar-refractivity contribution < 1.29 is 0 Å². The van der Waals surface area contributed by atoms with E-state index in [1.54, 1.807) is 12.3 Å². The average Bonchev–Trinajstić information content (AvgIpc) is 3.01. The second kappa shape index (κ2) is 7.70. The van der Waals surface area contributed by atoms with Gasteiger partial charge >= 0.3 is 0 Å². The van der Waals surface area contributed by atoms with Crippen LogP contribution in [0.3, 0.4) is 0 Å². The van der Waals surface area contributed by atoms with Crippen molar-refractivity contribution >= 4 is 17.4 Å². The van der Waals surface area contributed by atoms with E-state index in [9.17, 15) is 0 Å². The molecule has 5 heteroatoms. The molecule has 132 valence electrons. The molecule has 5 nitrogen and oxygen atoms in total. The second-order valence-corrected chi connectivity index (χ2v) is 6.27. The molecule has 0 bridgehead atoms. The van der Waals surface area contributed by atoms with Crippen molar-refractivity contribution in [2.24, 2.45) is 10.7 Å². The van der Waals surface area contributed by atoms with Crippen LogP contribution >= 0.6 is 0 Å². The lowest BCUT2D eigenvalue weighted by atomic mass is 10.0. The topological polar surface area (TPSA) is 67.7 Å². The molecule has 2 aromatic heterocycles. The first-order chi connectivity index (χ1) is 12.6. The lowest BCUT2D eigenvalue weighted by molar-refractivity contribution is 0.666. The number of rotatable bonds is 6. The Hall–Kier alpha value is -3.34. The highest BCUT2D eigenvalue weighted by molar-refractivity contribution is 5.93. The Kier molecular flexibility index (Phi) is 5.17. The lowest BCUT2D eigenvalue weighted by Gasteiger charge is -2.07. The maximum atomic E-state index is 6.40. The molecule has 0 saturated heterocycles. The van der Waals surface area contributed by atoms with E-state index in [0.717, 1.165) is 22.3 Å². The minimum atomic E-state index is 0.283. The highest BCUT2D eigenvalue weighted by Crippen LogP contribution is 2.29. The van der Waals surface area contributed by atoms with Crippen LogP contribution in [0.5, 0.6) is 0 Å². The van der Waals surface area contributed by atoms with E-state index in [1.807, 2.05) is 73.1 Å². The number of nitrogens with one attached hydrogen (secondary N) is 1. The van der Waals surface area contributed by atoms with Gasteiger partial charge in [0.1, 0.15) is 11.5 Å². The number of nitrogens with two attached hydrogens (primary N) is 1. The van der Waals surface area contributed by atoms with Crippen molar-refractivity contribution in [3.05, 3.63) is 78.8 Å². The molecule has 0 aliphatic heterocycles. The molecular formula is C21H23N5. The molecule has 0 aliphatic carbocycles. The third-order valence-electron chi connectivity index (χ3n) is 3.82. The summed E-state index contributed by atoms with van der Waals surface area (Å²) >= 11 is 0. The van der Waals surface area contributed by atoms with E-state index < -0.39 is 0 Å². The summed E-state index contributed by atoms with van der Waals surface area (Å²) in [6.45, 7) is 7.95. The van der Waals surface area contributed by atoms with E-state index in [-0.39, 0.29) is 6.04 Å². The fraction of sp³-hybridized carbons (Fsp3) is 0.143. The number of fused-ring (bicyclic) bond motifs is 1. The fourth-order valence-corrected chi connectivity index (χ4v) is 2.74. The molecule has 0 radical (unpaired) electrons. The number of allylic oxidation sites excluding steroid dienone is 1. The van der Waals surface area contributed by atoms with Gasteiger partial charge in [0, 0.05) is 29.7 Å². The Labute approximate surface area is 153 Å². The van der Waals surface area contributed by atoms with Crippen LogP contribution in [0.2, 0.25) is 0 Å². The van der Waals surface area contributed by atoms with Crippen LogP contribution in [0.1, 0.15) is 19.4 Å². The van der Waals surface area contributed by atoms with E-state index in [1.165, 1.54) is 0 Å². The van der Waals surface area contributed by atoms with Gasteiger partial charge in [-0.05, 0) is 32.1 Å². The Balaban J connectivity index is 2.01. The van der Waals surface area contributed by atoms with E-state index in [4.69, 9.17) is 10.8 Å². The van der Waals surface area contributed by atoms with Gasteiger partial charge in [-0.15, -0.1) is 0 Å². The smallest absolute Gasteiger partial charge is 0.118 e. The quantitative estimate of drug-likeness (QED) is 0.667. The van der Waals surface area contributed by atoms with Gasteiger partial charge in [-0.3, -0.25) is 0 Å². The summed E-state index contributed by atoms with van der Waals surface area (Å²) in [5, 5.41) is 7.85. The lowest BCUT2D eigenvalue weighted by Crippen LogP contribution is -2.20. The zero-order valence-corrected chi connectivity index (χ0v) is 15.1. The molecule has 26 heavy (non-hydrogen) atoms. The summed E-state index contributed by atoms with van der Waals surface area (Å²) in [5.41, 5.74) is 10.7. The maximum Gasteiger partial charge on any atom is 0.118 e. The van der Waals surface area contributed by atoms with Gasteiger partial charge < -0.3 is 11.1 Å². The normalized spacial score (nSPS) is 12.2. The monoisotopic (exact) mass is 345 g/mol. The average molecular weight is 345 g/mol. The molecule has 0 saturated carbocycles. The number of pyridine rings is 1. The van der Waals surface area contributed by atoms with E-state index in [0.29, 0.717) is 11.5 Å². The molecule has 0 unspecified atom stereocenters. The predicted molar refractivity (Wildman–Crippen MR) is 109 cm³/mol. The summed E-state index contributed by atoms with van der Waals surface area (Å²) in [6.07, 6.45) is 5.36. The number of aromatic nitrogens is 2. The molecular weight excluding hydrogens is 322 g/mol. The first-order valence-corrected chi connectivity index (χ1v) is 8.54. The van der Waals surface area contributed by atoms with Gasteiger partial charge in [0.2, 0.25) is 0 Å². The van der Waals surface area contributed by atoms with Crippen molar-refractivity contribution in [3.63, 3.8) is 0 Å². The van der Waals surface area contributed by atoms with Crippen molar-refractivity contribution in [1.82, 2.24) is 14.9 Å². The molecule has 3 rings (SSSR count). The summed E-state index contributed by atoms with van der Waals surface area (Å²) in [4.78, 5) is 4.28. The van der Waals surface area contributed by atoms with Gasteiger partial charge in [-0.1, -0.05) is 43.0 Å². The minimum absolute atomic E-state index is 0.283. The Bertz CT molecular complexity index is 964. The minimum Gasteiger partial charge on any atom is -0.398 e. The first-order valence-electron chi connectivity index (χ1n) is 8.54. The first kappa shape index (κ1) is 17.5. The molecule has 3 aromatic rings. The van der Waals surface area contributed by atoms with Gasteiger partial charge in [0.25, 0.3) is 0 Å². The Morgan fingerprint density at radius 2 is 1.92 bits per heavy atom. The van der Waals surface area contributed by atoms with Crippen LogP contribution in [-0.4, -0.2) is 21.9 Å². The van der Waals surface area contributed by atoms with Crippen molar-refractivity contribution in [3.8, 4) is 11.3 Å². The zero-order chi connectivity index (χ0) is 18.5. The van der Waals surface area contributed by atoms with Crippen molar-refractivity contribution in [2.75, 3.05) is 0 Å². The molecule has 2 heterocycles. The SMILES string of the molecule is C=C(N=C/C=C(\N)c1c(-c2ccccc2)nn2ccccc12)NC(C)C. The van der Waals surface area contributed by atoms with Crippen LogP contribution in [0.25, 0.3) is 22.5 Å². The van der Waals surface area contributed by atoms with E-state index >= 15 is 0 Å². The Morgan fingerprint density at radius 1 is 1.19 bits per heavy atom. The maximum absolute atomic E-state index is 6.40. The standard InChI is InChI=1S/C21H23N5/c1-15(2)24-16(3)23-13-12-18(22)20-19-11-7-8-14-26(19)25-21(20)17-9-5-4-6-10-17/h4-15,24H,3,22H2,1-2H3/b18-12-,23-13?. The molecule has 1 aromatic carbocycles. The summed E-state index contributed by atoms with van der Waals surface area (Å²) in [6, 6.07) is 16.2. The number of benzene rings is 1. The van der Waals surface area contributed by atoms with Gasteiger partial charge in [0.05, 0.1) is 11.1 Å². The molecule has 0 spiro atoms. The van der Waals surface area contributed by atoms with Crippen LogP contribution in [-0.2, 0) is 0 Å². The van der Waals surface area contributed by atoms with Crippen molar-refractivity contribution in [2.45, 2.75) is 19.9 Å². The molecule has 0 fully saturated rings. The largest absolute Gasteiger partial charge is 0.398 e. The van der Waals surface area contributed by atoms with Gasteiger partial charge in [0.15, 0.2) is 0 Å². The van der Waals surface area contributed by atoms with Gasteiger partial charge in [-0.2, -0.15) is 5.10 Å². The van der Waals surface area contributed by atoms with Crippen LogP contribution in [0.4, 0.5) is 0 Å². The van der Waals surface area contributed by atoms with Crippen LogP contribution in [0, 0.1) is 0 Å². The zero-order valence-electron chi connectivity index (χ0n) is 15.1. The van der Waals surface area contributed by atoms with Crippen LogP contribution in [0.15, 0.2) is 78.2 Å². The number of hydrogen-bond acceptors (Lipinski definition) is 4. The molecule has 0 atom stereocenters. The third kappa shape index (κ3) is 3.83. The molecule has 0 aliphatic rings. The number of nitrogens with zero attached hydrogens (tertiary/aromatic N) is 3. The third-order valence-corrected chi connectivity index (χ3v) is 3.82. The second-order valence-electron chi connectivity index (χ2n) is 6.27. The molecule has 0 amide bonds. The Morgan fingerprint density at radius 3 is 2.65 bits per heavy atom. The van der Waals surface area contributed by atoms with Crippen LogP contribution < -0.4 is 11.1 Å². The van der Waals surface area contributed by atoms with E-state index in [2.05, 4.69) is 16.9 Å². The highest BCUT2D eigenvalue weighted by Gasteiger charge is 2.15. The number of aliphatic imine (C=N–C) groups is 1. The van der Waals surface area contributed by atoms with Crippen molar-refractivity contribution in [1.29, 1.82) is 0 Å². The summed E-state index contributed by atoms with van der Waals surface area (Å²) in [7, 11) is 0. The summed E-state index contributed by atoms with van der Waals surface area (Å²) < 4.78 is 1.84.